The Hall–Kier alpha value is -1.82. The SMILES string of the molecule is CN=C(NCc1ccc(-n2nc(C)cc2C)cc1C(F)(F)F)NCC1(C)CCCO1.I. The fraction of sp³-hybridized carbons (Fsp3) is 0.524. The Morgan fingerprint density at radius 1 is 1.26 bits per heavy atom. The van der Waals surface area contributed by atoms with Gasteiger partial charge in [-0.1, -0.05) is 6.07 Å². The van der Waals surface area contributed by atoms with Gasteiger partial charge in [-0.25, -0.2) is 4.68 Å². The van der Waals surface area contributed by atoms with Gasteiger partial charge in [-0.3, -0.25) is 4.99 Å². The fourth-order valence-electron chi connectivity index (χ4n) is 3.65. The van der Waals surface area contributed by atoms with E-state index in [9.17, 15) is 13.2 Å². The highest BCUT2D eigenvalue weighted by Gasteiger charge is 2.34. The Morgan fingerprint density at radius 3 is 2.55 bits per heavy atom. The van der Waals surface area contributed by atoms with Gasteiger partial charge >= 0.3 is 6.18 Å². The van der Waals surface area contributed by atoms with Crippen LogP contribution in [0.2, 0.25) is 0 Å². The van der Waals surface area contributed by atoms with E-state index in [0.29, 0.717) is 18.2 Å². The van der Waals surface area contributed by atoms with Gasteiger partial charge in [-0.05, 0) is 57.4 Å². The summed E-state index contributed by atoms with van der Waals surface area (Å²) in [7, 11) is 1.59. The molecule has 0 saturated carbocycles. The second-order valence-electron chi connectivity index (χ2n) is 7.86. The van der Waals surface area contributed by atoms with E-state index in [1.807, 2.05) is 26.8 Å². The van der Waals surface area contributed by atoms with Crippen LogP contribution in [0.4, 0.5) is 13.2 Å². The summed E-state index contributed by atoms with van der Waals surface area (Å²) < 4.78 is 48.5. The number of hydrogen-bond donors (Lipinski definition) is 2. The number of nitrogens with one attached hydrogen (secondary N) is 2. The van der Waals surface area contributed by atoms with Crippen molar-refractivity contribution in [3.05, 3.63) is 46.8 Å². The van der Waals surface area contributed by atoms with Gasteiger partial charge in [0.1, 0.15) is 0 Å². The molecule has 2 N–H and O–H groups in total. The van der Waals surface area contributed by atoms with Gasteiger partial charge < -0.3 is 15.4 Å². The first-order valence-corrected chi connectivity index (χ1v) is 9.93. The van der Waals surface area contributed by atoms with E-state index < -0.39 is 11.7 Å². The molecule has 2 aromatic rings. The molecule has 0 radical (unpaired) electrons. The van der Waals surface area contributed by atoms with Crippen LogP contribution in [0.5, 0.6) is 0 Å². The van der Waals surface area contributed by atoms with Crippen molar-refractivity contribution in [1.29, 1.82) is 0 Å². The third-order valence-electron chi connectivity index (χ3n) is 5.25. The van der Waals surface area contributed by atoms with Crippen molar-refractivity contribution >= 4 is 29.9 Å². The molecular weight excluding hydrogens is 522 g/mol. The Labute approximate surface area is 197 Å². The van der Waals surface area contributed by atoms with Crippen molar-refractivity contribution in [1.82, 2.24) is 20.4 Å². The highest BCUT2D eigenvalue weighted by Crippen LogP contribution is 2.33. The van der Waals surface area contributed by atoms with Crippen molar-refractivity contribution in [2.75, 3.05) is 20.2 Å². The van der Waals surface area contributed by atoms with Gasteiger partial charge in [0, 0.05) is 32.4 Å². The van der Waals surface area contributed by atoms with Gasteiger partial charge in [0.2, 0.25) is 0 Å². The van der Waals surface area contributed by atoms with Crippen LogP contribution in [0.1, 0.15) is 42.3 Å². The minimum atomic E-state index is -4.48. The molecule has 1 unspecified atom stereocenters. The molecule has 0 bridgehead atoms. The Morgan fingerprint density at radius 2 is 2.00 bits per heavy atom. The van der Waals surface area contributed by atoms with E-state index in [-0.39, 0.29) is 41.7 Å². The number of benzene rings is 1. The molecule has 6 nitrogen and oxygen atoms in total. The molecule has 1 aliphatic heterocycles. The molecule has 1 aromatic carbocycles. The van der Waals surface area contributed by atoms with Crippen LogP contribution in [0.15, 0.2) is 29.3 Å². The van der Waals surface area contributed by atoms with Crippen LogP contribution in [0.25, 0.3) is 5.69 Å². The fourth-order valence-corrected chi connectivity index (χ4v) is 3.65. The molecule has 1 aromatic heterocycles. The number of guanidine groups is 1. The molecule has 1 saturated heterocycles. The predicted molar refractivity (Wildman–Crippen MR) is 125 cm³/mol. The highest BCUT2D eigenvalue weighted by atomic mass is 127. The molecule has 3 rings (SSSR count). The average Bonchev–Trinajstić information content (AvgIpc) is 3.26. The second kappa shape index (κ2) is 10.2. The van der Waals surface area contributed by atoms with Gasteiger partial charge in [0.25, 0.3) is 0 Å². The monoisotopic (exact) mass is 551 g/mol. The molecular formula is C21H29F3IN5O. The first-order chi connectivity index (χ1) is 14.1. The average molecular weight is 551 g/mol. The molecule has 1 fully saturated rings. The topological polar surface area (TPSA) is 63.5 Å². The molecule has 2 heterocycles. The molecule has 1 atom stereocenters. The van der Waals surface area contributed by atoms with E-state index in [1.54, 1.807) is 13.1 Å². The largest absolute Gasteiger partial charge is 0.416 e. The Kier molecular flexibility index (Phi) is 8.37. The van der Waals surface area contributed by atoms with Crippen LogP contribution in [-0.4, -0.2) is 41.5 Å². The summed E-state index contributed by atoms with van der Waals surface area (Å²) >= 11 is 0. The van der Waals surface area contributed by atoms with Crippen LogP contribution >= 0.6 is 24.0 Å². The quantitative estimate of drug-likeness (QED) is 0.330. The van der Waals surface area contributed by atoms with Crippen molar-refractivity contribution in [3.8, 4) is 5.69 Å². The van der Waals surface area contributed by atoms with Gasteiger partial charge in [-0.15, -0.1) is 24.0 Å². The number of nitrogens with zero attached hydrogens (tertiary/aromatic N) is 3. The van der Waals surface area contributed by atoms with Gasteiger partial charge in [0.05, 0.1) is 22.5 Å². The number of aliphatic imine (C=N–C) groups is 1. The second-order valence-corrected chi connectivity index (χ2v) is 7.86. The maximum atomic E-state index is 13.7. The third kappa shape index (κ3) is 6.34. The lowest BCUT2D eigenvalue weighted by Gasteiger charge is -2.25. The maximum absolute atomic E-state index is 13.7. The number of alkyl halides is 3. The zero-order valence-corrected chi connectivity index (χ0v) is 20.5. The van der Waals surface area contributed by atoms with Gasteiger partial charge in [0.15, 0.2) is 5.96 Å². The van der Waals surface area contributed by atoms with E-state index in [2.05, 4.69) is 20.7 Å². The highest BCUT2D eigenvalue weighted by molar-refractivity contribution is 14.0. The minimum absolute atomic E-state index is 0. The number of hydrogen-bond acceptors (Lipinski definition) is 3. The van der Waals surface area contributed by atoms with Crippen molar-refractivity contribution < 1.29 is 17.9 Å². The van der Waals surface area contributed by atoms with Crippen molar-refractivity contribution in [2.24, 2.45) is 4.99 Å². The Balaban J connectivity index is 0.00000341. The van der Waals surface area contributed by atoms with E-state index in [0.717, 1.165) is 36.9 Å². The Bertz CT molecular complexity index is 920. The number of aryl methyl sites for hydroxylation is 2. The number of ether oxygens (including phenoxy) is 1. The van der Waals surface area contributed by atoms with Crippen LogP contribution in [0.3, 0.4) is 0 Å². The molecule has 0 spiro atoms. The third-order valence-corrected chi connectivity index (χ3v) is 5.25. The van der Waals surface area contributed by atoms with Crippen LogP contribution in [0, 0.1) is 13.8 Å². The standard InChI is InChI=1S/C21H28F3N5O.HI/c1-14-10-15(2)29(28-14)17-7-6-16(18(11-17)21(22,23)24)12-26-19(25-4)27-13-20(3)8-5-9-30-20;/h6-7,10-11H,5,8-9,12-13H2,1-4H3,(H2,25,26,27);1H. The molecule has 10 heteroatoms. The predicted octanol–water partition coefficient (Wildman–Crippen LogP) is 4.36. The van der Waals surface area contributed by atoms with Crippen molar-refractivity contribution in [2.45, 2.75) is 51.9 Å². The molecule has 1 aliphatic rings. The molecule has 31 heavy (non-hydrogen) atoms. The number of aromatic nitrogens is 2. The summed E-state index contributed by atoms with van der Waals surface area (Å²) in [4.78, 5) is 4.11. The normalized spacial score (nSPS) is 19.3. The first-order valence-electron chi connectivity index (χ1n) is 9.93. The smallest absolute Gasteiger partial charge is 0.373 e. The molecule has 0 amide bonds. The van der Waals surface area contributed by atoms with Crippen molar-refractivity contribution in [3.63, 3.8) is 0 Å². The summed E-state index contributed by atoms with van der Waals surface area (Å²) in [5.74, 6) is 0.433. The van der Waals surface area contributed by atoms with Crippen LogP contribution < -0.4 is 10.6 Å². The summed E-state index contributed by atoms with van der Waals surface area (Å²) in [6, 6.07) is 6.10. The summed E-state index contributed by atoms with van der Waals surface area (Å²) in [6.07, 6.45) is -2.55. The summed E-state index contributed by atoms with van der Waals surface area (Å²) in [6.45, 7) is 6.88. The van der Waals surface area contributed by atoms with Gasteiger partial charge in [-0.2, -0.15) is 18.3 Å². The minimum Gasteiger partial charge on any atom is -0.373 e. The number of halogens is 4. The lowest BCUT2D eigenvalue weighted by Crippen LogP contribution is -2.45. The first kappa shape index (κ1) is 25.4. The number of rotatable bonds is 5. The summed E-state index contributed by atoms with van der Waals surface area (Å²) in [5, 5.41) is 10.4. The maximum Gasteiger partial charge on any atom is 0.416 e. The lowest BCUT2D eigenvalue weighted by atomic mass is 10.0. The van der Waals surface area contributed by atoms with E-state index >= 15 is 0 Å². The zero-order chi connectivity index (χ0) is 21.9. The van der Waals surface area contributed by atoms with E-state index in [1.165, 1.54) is 10.7 Å². The molecule has 172 valence electrons. The molecule has 0 aliphatic carbocycles. The summed E-state index contributed by atoms with van der Waals surface area (Å²) in [5.41, 5.74) is 1.07. The lowest BCUT2D eigenvalue weighted by molar-refractivity contribution is -0.138. The zero-order valence-electron chi connectivity index (χ0n) is 18.1. The van der Waals surface area contributed by atoms with Crippen LogP contribution in [-0.2, 0) is 17.5 Å². The van der Waals surface area contributed by atoms with E-state index in [4.69, 9.17) is 4.74 Å².